The van der Waals surface area contributed by atoms with E-state index >= 15 is 0 Å². The van der Waals surface area contributed by atoms with Gasteiger partial charge in [0.2, 0.25) is 17.7 Å². The molecular weight excluding hydrogens is 540 g/mol. The summed E-state index contributed by atoms with van der Waals surface area (Å²) in [5.41, 5.74) is 8.12. The highest BCUT2D eigenvalue weighted by atomic mass is 16.4. The quantitative estimate of drug-likeness (QED) is 0.139. The molecule has 0 bridgehead atoms. The Morgan fingerprint density at radius 1 is 0.810 bits per heavy atom. The van der Waals surface area contributed by atoms with E-state index in [9.17, 15) is 29.4 Å². The largest absolute Gasteiger partial charge is 0.508 e. The van der Waals surface area contributed by atoms with E-state index in [2.05, 4.69) is 25.9 Å². The summed E-state index contributed by atoms with van der Waals surface area (Å²) in [7, 11) is 0. The smallest absolute Gasteiger partial charge is 0.326 e. The molecule has 0 saturated heterocycles. The van der Waals surface area contributed by atoms with Crippen LogP contribution in [0.3, 0.4) is 0 Å². The lowest BCUT2D eigenvalue weighted by Gasteiger charge is -2.26. The molecule has 3 aromatic rings. The van der Waals surface area contributed by atoms with Gasteiger partial charge in [0.05, 0.1) is 12.4 Å². The van der Waals surface area contributed by atoms with Crippen LogP contribution in [0, 0.1) is 5.92 Å². The second-order valence-corrected chi connectivity index (χ2v) is 10.6. The van der Waals surface area contributed by atoms with Gasteiger partial charge in [0.15, 0.2) is 0 Å². The number of benzene rings is 2. The minimum atomic E-state index is -1.23. The molecule has 0 aliphatic heterocycles. The fraction of sp³-hybridized carbons (Fsp3) is 0.367. The lowest BCUT2D eigenvalue weighted by Crippen LogP contribution is -2.58. The number of phenolic OH excluding ortho intramolecular Hbond substituents is 1. The zero-order chi connectivity index (χ0) is 30.6. The predicted octanol–water partition coefficient (Wildman–Crippen LogP) is 1.06. The third kappa shape index (κ3) is 10.0. The number of carbonyl (C=O) groups is 4. The monoisotopic (exact) mass is 578 g/mol. The SMILES string of the molecule is CC(C)CC(NC(=O)C(N)Cc1ccc(O)cc1)C(=O)NC(Cc1cnc[nH]1)C(=O)NC(Cc1ccccc1)C(=O)O. The molecule has 1 heterocycles. The zero-order valence-electron chi connectivity index (χ0n) is 23.6. The fourth-order valence-electron chi connectivity index (χ4n) is 4.38. The molecule has 8 N–H and O–H groups in total. The Bertz CT molecular complexity index is 1310. The number of H-pyrrole nitrogens is 1. The number of nitrogens with two attached hydrogens (primary N) is 1. The second kappa shape index (κ2) is 15.3. The van der Waals surface area contributed by atoms with E-state index in [0.717, 1.165) is 11.1 Å². The molecule has 2 aromatic carbocycles. The highest BCUT2D eigenvalue weighted by Gasteiger charge is 2.31. The van der Waals surface area contributed by atoms with Crippen LogP contribution < -0.4 is 21.7 Å². The number of nitrogens with one attached hydrogen (secondary N) is 4. The molecule has 4 atom stereocenters. The average Bonchev–Trinajstić information content (AvgIpc) is 3.46. The van der Waals surface area contributed by atoms with Gasteiger partial charge in [-0.2, -0.15) is 0 Å². The number of aromatic amines is 1. The van der Waals surface area contributed by atoms with Crippen molar-refractivity contribution >= 4 is 23.7 Å². The Morgan fingerprint density at radius 2 is 1.40 bits per heavy atom. The molecule has 12 heteroatoms. The Kier molecular flexibility index (Phi) is 11.6. The van der Waals surface area contributed by atoms with Crippen LogP contribution in [0.2, 0.25) is 0 Å². The molecular formula is C30H38N6O6. The number of carboxylic acids is 1. The lowest BCUT2D eigenvalue weighted by molar-refractivity contribution is -0.142. The first-order valence-electron chi connectivity index (χ1n) is 13.7. The number of amides is 3. The Balaban J connectivity index is 1.73. The summed E-state index contributed by atoms with van der Waals surface area (Å²) < 4.78 is 0. The van der Waals surface area contributed by atoms with E-state index in [1.54, 1.807) is 42.5 Å². The average molecular weight is 579 g/mol. The number of hydrogen-bond acceptors (Lipinski definition) is 7. The maximum atomic E-state index is 13.5. The molecule has 3 rings (SSSR count). The van der Waals surface area contributed by atoms with Crippen LogP contribution in [0.15, 0.2) is 67.1 Å². The maximum Gasteiger partial charge on any atom is 0.326 e. The summed E-state index contributed by atoms with van der Waals surface area (Å²) in [6, 6.07) is 10.8. The molecule has 3 amide bonds. The number of imidazole rings is 1. The van der Waals surface area contributed by atoms with E-state index in [1.165, 1.54) is 24.7 Å². The number of rotatable bonds is 15. The van der Waals surface area contributed by atoms with E-state index < -0.39 is 47.9 Å². The lowest BCUT2D eigenvalue weighted by atomic mass is 10.0. The second-order valence-electron chi connectivity index (χ2n) is 10.6. The normalized spacial score (nSPS) is 13.9. The molecule has 4 unspecified atom stereocenters. The van der Waals surface area contributed by atoms with Gasteiger partial charge in [-0.05, 0) is 42.0 Å². The van der Waals surface area contributed by atoms with Crippen molar-refractivity contribution in [1.29, 1.82) is 0 Å². The van der Waals surface area contributed by atoms with Gasteiger partial charge in [0.25, 0.3) is 0 Å². The van der Waals surface area contributed by atoms with Crippen molar-refractivity contribution in [2.24, 2.45) is 11.7 Å². The van der Waals surface area contributed by atoms with Gasteiger partial charge in [0.1, 0.15) is 23.9 Å². The fourth-order valence-corrected chi connectivity index (χ4v) is 4.38. The van der Waals surface area contributed by atoms with Gasteiger partial charge in [-0.3, -0.25) is 14.4 Å². The Morgan fingerprint density at radius 3 is 2.00 bits per heavy atom. The first-order chi connectivity index (χ1) is 20.0. The summed E-state index contributed by atoms with van der Waals surface area (Å²) in [5, 5.41) is 27.2. The van der Waals surface area contributed by atoms with Crippen molar-refractivity contribution < 1.29 is 29.4 Å². The maximum absolute atomic E-state index is 13.5. The van der Waals surface area contributed by atoms with Gasteiger partial charge in [-0.15, -0.1) is 0 Å². The number of carboxylic acid groups (broad SMARTS) is 1. The topological polar surface area (TPSA) is 200 Å². The van der Waals surface area contributed by atoms with Crippen LogP contribution in [-0.4, -0.2) is 68.0 Å². The van der Waals surface area contributed by atoms with E-state index in [4.69, 9.17) is 5.73 Å². The van der Waals surface area contributed by atoms with Crippen molar-refractivity contribution in [1.82, 2.24) is 25.9 Å². The zero-order valence-corrected chi connectivity index (χ0v) is 23.6. The van der Waals surface area contributed by atoms with Crippen molar-refractivity contribution in [2.45, 2.75) is 63.7 Å². The number of aliphatic carboxylic acids is 1. The van der Waals surface area contributed by atoms with Crippen LogP contribution in [0.5, 0.6) is 5.75 Å². The van der Waals surface area contributed by atoms with Gasteiger partial charge < -0.3 is 36.9 Å². The summed E-state index contributed by atoms with van der Waals surface area (Å²) >= 11 is 0. The number of nitrogens with zero attached hydrogens (tertiary/aromatic N) is 1. The van der Waals surface area contributed by atoms with Crippen LogP contribution in [-0.2, 0) is 38.4 Å². The molecule has 0 aliphatic rings. The molecule has 224 valence electrons. The molecule has 1 aromatic heterocycles. The van der Waals surface area contributed by atoms with Gasteiger partial charge in [-0.25, -0.2) is 9.78 Å². The highest BCUT2D eigenvalue weighted by Crippen LogP contribution is 2.12. The molecule has 0 spiro atoms. The summed E-state index contributed by atoms with van der Waals surface area (Å²) in [4.78, 5) is 58.6. The standard InChI is InChI=1S/C30H38N6O6/c1-18(2)12-24(34-27(38)23(31)13-20-8-10-22(37)11-9-20)28(39)35-25(15-21-16-32-17-33-21)29(40)36-26(30(41)42)14-19-6-4-3-5-7-19/h3-11,16-18,23-26,37H,12-15,31H2,1-2H3,(H,32,33)(H,34,38)(H,35,39)(H,36,40)(H,41,42). The van der Waals surface area contributed by atoms with Crippen LogP contribution in [0.1, 0.15) is 37.1 Å². The minimum absolute atomic E-state index is 0.0107. The number of hydrogen-bond donors (Lipinski definition) is 7. The van der Waals surface area contributed by atoms with Gasteiger partial charge >= 0.3 is 5.97 Å². The molecule has 0 radical (unpaired) electrons. The number of aromatic hydroxyl groups is 1. The summed E-state index contributed by atoms with van der Waals surface area (Å²) in [5.74, 6) is -2.97. The van der Waals surface area contributed by atoms with E-state index in [0.29, 0.717) is 5.69 Å². The van der Waals surface area contributed by atoms with Crippen LogP contribution in [0.4, 0.5) is 0 Å². The summed E-state index contributed by atoms with van der Waals surface area (Å²) in [6.45, 7) is 3.78. The van der Waals surface area contributed by atoms with Crippen molar-refractivity contribution in [2.75, 3.05) is 0 Å². The Labute approximate surface area is 244 Å². The van der Waals surface area contributed by atoms with E-state index in [1.807, 2.05) is 13.8 Å². The van der Waals surface area contributed by atoms with Gasteiger partial charge in [0, 0.05) is 24.7 Å². The molecule has 0 aliphatic carbocycles. The van der Waals surface area contributed by atoms with Gasteiger partial charge in [-0.1, -0.05) is 56.3 Å². The minimum Gasteiger partial charge on any atom is -0.508 e. The van der Waals surface area contributed by atoms with Crippen molar-refractivity contribution in [3.8, 4) is 5.75 Å². The number of aromatic nitrogens is 2. The van der Waals surface area contributed by atoms with Crippen LogP contribution >= 0.6 is 0 Å². The first-order valence-corrected chi connectivity index (χ1v) is 13.7. The first kappa shape index (κ1) is 31.8. The molecule has 42 heavy (non-hydrogen) atoms. The number of carbonyl (C=O) groups excluding carboxylic acids is 3. The number of phenols is 1. The summed E-state index contributed by atoms with van der Waals surface area (Å²) in [6.07, 6.45) is 3.45. The third-order valence-corrected chi connectivity index (χ3v) is 6.58. The van der Waals surface area contributed by atoms with Crippen molar-refractivity contribution in [3.05, 3.63) is 83.9 Å². The molecule has 12 nitrogen and oxygen atoms in total. The predicted molar refractivity (Wildman–Crippen MR) is 155 cm³/mol. The Hall–Kier alpha value is -4.71. The third-order valence-electron chi connectivity index (χ3n) is 6.58. The van der Waals surface area contributed by atoms with Crippen LogP contribution in [0.25, 0.3) is 0 Å². The van der Waals surface area contributed by atoms with Crippen molar-refractivity contribution in [3.63, 3.8) is 0 Å². The van der Waals surface area contributed by atoms with E-state index in [-0.39, 0.29) is 37.4 Å². The molecule has 0 saturated carbocycles. The molecule has 0 fully saturated rings. The highest BCUT2D eigenvalue weighted by molar-refractivity contribution is 5.94.